The van der Waals surface area contributed by atoms with E-state index >= 15 is 0 Å². The Morgan fingerprint density at radius 1 is 0.696 bits per heavy atom. The van der Waals surface area contributed by atoms with Gasteiger partial charge in [-0.3, -0.25) is 25.7 Å². The fourth-order valence-electron chi connectivity index (χ4n) is 1.73. The molecular formula is C16H15BBrCuN2O2. The zero-order valence-corrected chi connectivity index (χ0v) is 14.6. The Hall–Kier alpha value is -1.50. The van der Waals surface area contributed by atoms with Gasteiger partial charge in [-0.15, -0.1) is 5.46 Å². The monoisotopic (exact) mass is 420 g/mol. The third-order valence-corrected chi connectivity index (χ3v) is 3.34. The first-order chi connectivity index (χ1) is 10.6. The van der Waals surface area contributed by atoms with Gasteiger partial charge in [0, 0.05) is 12.4 Å². The maximum absolute atomic E-state index is 9.02. The first kappa shape index (κ1) is 19.6. The molecule has 2 aromatic heterocycles. The van der Waals surface area contributed by atoms with Crippen LogP contribution in [-0.2, 0) is 17.1 Å². The number of hydrogen-bond donors (Lipinski definition) is 2. The van der Waals surface area contributed by atoms with Gasteiger partial charge in [-0.25, -0.2) is 0 Å². The van der Waals surface area contributed by atoms with E-state index in [2.05, 4.69) is 25.7 Å². The minimum Gasteiger partial charge on any atom is -0.570 e. The van der Waals surface area contributed by atoms with Crippen LogP contribution in [0.3, 0.4) is 0 Å². The molecule has 3 aromatic rings. The summed E-state index contributed by atoms with van der Waals surface area (Å²) in [7, 11) is 0. The standard InChI is InChI=1S/C10H8N2.C6H7BBrO2.Cu/c1-3-7-11-9(5-1)10-6-2-4-8-12-10;8-7(9,10)6-4-2-1-3-5-6;/h1-8H;1-5,9-10H;/q;-1;+1. The first-order valence-electron chi connectivity index (χ1n) is 6.72. The molecule has 23 heavy (non-hydrogen) atoms. The maximum atomic E-state index is 9.02. The molecule has 0 unspecified atom stereocenters. The first-order valence-corrected chi connectivity index (χ1v) is 7.64. The van der Waals surface area contributed by atoms with Crippen molar-refractivity contribution in [2.75, 3.05) is 0 Å². The Labute approximate surface area is 154 Å². The molecule has 7 heteroatoms. The Bertz CT molecular complexity index is 645. The zero-order valence-electron chi connectivity index (χ0n) is 12.1. The van der Waals surface area contributed by atoms with Gasteiger partial charge < -0.3 is 10.0 Å². The topological polar surface area (TPSA) is 66.2 Å². The van der Waals surface area contributed by atoms with Crippen molar-refractivity contribution in [2.45, 2.75) is 0 Å². The molecule has 0 spiro atoms. The van der Waals surface area contributed by atoms with Crippen LogP contribution in [0.2, 0.25) is 0 Å². The van der Waals surface area contributed by atoms with Gasteiger partial charge in [0.1, 0.15) is 0 Å². The molecule has 122 valence electrons. The number of halogens is 1. The molecule has 1 aromatic carbocycles. The van der Waals surface area contributed by atoms with Crippen LogP contribution >= 0.6 is 15.8 Å². The third-order valence-electron chi connectivity index (χ3n) is 2.82. The van der Waals surface area contributed by atoms with Gasteiger partial charge >= 0.3 is 22.4 Å². The van der Waals surface area contributed by atoms with E-state index in [0.29, 0.717) is 5.46 Å². The average molecular weight is 422 g/mol. The second-order valence-electron chi connectivity index (χ2n) is 4.52. The van der Waals surface area contributed by atoms with E-state index in [1.54, 1.807) is 36.7 Å². The minimum atomic E-state index is -2.49. The molecular weight excluding hydrogens is 406 g/mol. The third kappa shape index (κ3) is 6.65. The van der Waals surface area contributed by atoms with Crippen molar-refractivity contribution in [2.24, 2.45) is 0 Å². The number of pyridine rings is 2. The van der Waals surface area contributed by atoms with E-state index in [-0.39, 0.29) is 17.1 Å². The predicted molar refractivity (Wildman–Crippen MR) is 92.7 cm³/mol. The van der Waals surface area contributed by atoms with Gasteiger partial charge in [0.2, 0.25) is 0 Å². The van der Waals surface area contributed by atoms with Crippen molar-refractivity contribution in [3.63, 3.8) is 0 Å². The van der Waals surface area contributed by atoms with Crippen molar-refractivity contribution < 1.29 is 27.1 Å². The van der Waals surface area contributed by atoms with Gasteiger partial charge in [-0.2, -0.15) is 0 Å². The summed E-state index contributed by atoms with van der Waals surface area (Å²) in [6, 6.07) is 20.2. The molecule has 3 rings (SSSR count). The van der Waals surface area contributed by atoms with Crippen LogP contribution < -0.4 is 5.46 Å². The fraction of sp³-hybridized carbons (Fsp3) is 0. The number of benzene rings is 1. The van der Waals surface area contributed by atoms with E-state index in [4.69, 9.17) is 10.0 Å². The minimum absolute atomic E-state index is 0. The van der Waals surface area contributed by atoms with Gasteiger partial charge in [-0.1, -0.05) is 42.5 Å². The van der Waals surface area contributed by atoms with Crippen molar-refractivity contribution >= 4 is 26.6 Å². The molecule has 2 N–H and O–H groups in total. The molecule has 0 aliphatic carbocycles. The summed E-state index contributed by atoms with van der Waals surface area (Å²) < 4.78 is 0. The molecule has 0 amide bonds. The molecule has 4 nitrogen and oxygen atoms in total. The number of hydrogen-bond acceptors (Lipinski definition) is 4. The van der Waals surface area contributed by atoms with Crippen molar-refractivity contribution in [3.8, 4) is 11.4 Å². The molecule has 0 saturated carbocycles. The fourth-order valence-corrected chi connectivity index (χ4v) is 2.03. The van der Waals surface area contributed by atoms with Gasteiger partial charge in [0.25, 0.3) is 0 Å². The van der Waals surface area contributed by atoms with E-state index in [9.17, 15) is 0 Å². The Kier molecular flexibility index (Phi) is 8.16. The largest absolute Gasteiger partial charge is 1.00 e. The summed E-state index contributed by atoms with van der Waals surface area (Å²) in [5, 5.41) is 15.6. The van der Waals surface area contributed by atoms with Crippen LogP contribution in [0.25, 0.3) is 11.4 Å². The quantitative estimate of drug-likeness (QED) is 0.624. The Morgan fingerprint density at radius 3 is 1.43 bits per heavy atom. The molecule has 0 aliphatic rings. The van der Waals surface area contributed by atoms with E-state index in [1.165, 1.54) is 0 Å². The number of aromatic nitrogens is 2. The van der Waals surface area contributed by atoms with Crippen LogP contribution in [0.1, 0.15) is 0 Å². The summed E-state index contributed by atoms with van der Waals surface area (Å²) in [6.07, 6.45) is 3.54. The molecule has 0 bridgehead atoms. The molecule has 0 saturated heterocycles. The molecule has 0 atom stereocenters. The van der Waals surface area contributed by atoms with Crippen molar-refractivity contribution in [3.05, 3.63) is 79.1 Å². The summed E-state index contributed by atoms with van der Waals surface area (Å²) in [5.74, 6) is 0. The SMILES string of the molecule is O[B-](O)(Br)c1ccccc1.[Cu+].c1ccc(-c2ccccn2)nc1. The smallest absolute Gasteiger partial charge is 0.570 e. The van der Waals surface area contributed by atoms with E-state index < -0.39 is 5.38 Å². The predicted octanol–water partition coefficient (Wildman–Crippen LogP) is 2.35. The Morgan fingerprint density at radius 2 is 1.13 bits per heavy atom. The van der Waals surface area contributed by atoms with Gasteiger partial charge in [0.15, 0.2) is 0 Å². The van der Waals surface area contributed by atoms with Crippen LogP contribution in [0.5, 0.6) is 0 Å². The van der Waals surface area contributed by atoms with E-state index in [1.807, 2.05) is 42.5 Å². The molecule has 2 heterocycles. The van der Waals surface area contributed by atoms with Crippen molar-refractivity contribution in [1.82, 2.24) is 9.97 Å². The normalized spacial score (nSPS) is 10.0. The number of nitrogens with zero attached hydrogens (tertiary/aromatic N) is 2. The molecule has 0 radical (unpaired) electrons. The van der Waals surface area contributed by atoms with Gasteiger partial charge in [-0.05, 0) is 24.3 Å². The van der Waals surface area contributed by atoms with Gasteiger partial charge in [0.05, 0.1) is 11.4 Å². The van der Waals surface area contributed by atoms with Crippen LogP contribution in [-0.4, -0.2) is 25.4 Å². The molecule has 0 aliphatic heterocycles. The zero-order chi connectivity index (χ0) is 15.8. The summed E-state index contributed by atoms with van der Waals surface area (Å²) >= 11 is 2.76. The maximum Gasteiger partial charge on any atom is 1.00 e. The Balaban J connectivity index is 0.000000224. The second-order valence-corrected chi connectivity index (χ2v) is 5.80. The number of rotatable bonds is 2. The second kappa shape index (κ2) is 9.60. The van der Waals surface area contributed by atoms with E-state index in [0.717, 1.165) is 11.4 Å². The summed E-state index contributed by atoms with van der Waals surface area (Å²) in [6.45, 7) is 0. The van der Waals surface area contributed by atoms with Crippen molar-refractivity contribution in [1.29, 1.82) is 0 Å². The summed E-state index contributed by atoms with van der Waals surface area (Å²) in [5.41, 5.74) is 2.32. The van der Waals surface area contributed by atoms with Crippen LogP contribution in [0.4, 0.5) is 0 Å². The van der Waals surface area contributed by atoms with Crippen LogP contribution in [0.15, 0.2) is 79.1 Å². The molecule has 0 fully saturated rings. The van der Waals surface area contributed by atoms with Crippen LogP contribution in [0, 0.1) is 0 Å². The average Bonchev–Trinajstić information content (AvgIpc) is 2.57. The summed E-state index contributed by atoms with van der Waals surface area (Å²) in [4.78, 5) is 8.37.